The molecule has 1 aliphatic heterocycles. The Morgan fingerprint density at radius 3 is 2.60 bits per heavy atom. The predicted octanol–water partition coefficient (Wildman–Crippen LogP) is 2.68. The molecule has 1 aromatic heterocycles. The van der Waals surface area contributed by atoms with Crippen LogP contribution in [0.25, 0.3) is 0 Å². The Kier molecular flexibility index (Phi) is 3.36. The summed E-state index contributed by atoms with van der Waals surface area (Å²) in [6.45, 7) is 3.36. The van der Waals surface area contributed by atoms with Gasteiger partial charge in [0, 0.05) is 5.71 Å². The van der Waals surface area contributed by atoms with E-state index in [1.165, 1.54) is 12.1 Å². The second kappa shape index (κ2) is 4.98. The van der Waals surface area contributed by atoms with Gasteiger partial charge in [0.05, 0.1) is 41.3 Å². The highest BCUT2D eigenvalue weighted by atomic mass is 16.6. The minimum absolute atomic E-state index is 0.230. The highest BCUT2D eigenvalue weighted by Gasteiger charge is 2.36. The molecule has 1 aliphatic rings. The van der Waals surface area contributed by atoms with Crippen molar-refractivity contribution >= 4 is 11.6 Å². The Bertz CT molecular complexity index is 715. The van der Waals surface area contributed by atoms with Gasteiger partial charge in [-0.1, -0.05) is 0 Å². The lowest BCUT2D eigenvalue weighted by Gasteiger charge is -2.24. The average Bonchev–Trinajstić information content (AvgIpc) is 2.87. The third-order valence-corrected chi connectivity index (χ3v) is 3.19. The molecule has 7 heteroatoms. The van der Waals surface area contributed by atoms with Crippen LogP contribution in [-0.4, -0.2) is 10.6 Å². The van der Waals surface area contributed by atoms with E-state index in [-0.39, 0.29) is 5.76 Å². The van der Waals surface area contributed by atoms with Crippen molar-refractivity contribution in [2.24, 2.45) is 10.9 Å². The van der Waals surface area contributed by atoms with E-state index < -0.39 is 22.6 Å². The summed E-state index contributed by atoms with van der Waals surface area (Å²) in [6, 6.07) is 6.74. The zero-order valence-corrected chi connectivity index (χ0v) is 10.8. The van der Waals surface area contributed by atoms with Crippen molar-refractivity contribution in [2.45, 2.75) is 19.8 Å². The number of nitrogens with zero attached hydrogens (tertiary/aromatic N) is 4. The first-order chi connectivity index (χ1) is 9.49. The van der Waals surface area contributed by atoms with Gasteiger partial charge in [-0.25, -0.2) is 0 Å². The first kappa shape index (κ1) is 13.5. The van der Waals surface area contributed by atoms with Crippen LogP contribution in [0.15, 0.2) is 32.8 Å². The standard InChI is InChI=1S/C13H10N4O3/c1-7-9(5-14)13(10(6-15)8(2)16-7)11-3-4-12(20-11)17(18)19/h3-4,9,13H,1-2H3. The van der Waals surface area contributed by atoms with Crippen LogP contribution in [0.4, 0.5) is 5.88 Å². The summed E-state index contributed by atoms with van der Waals surface area (Å²) in [5.41, 5.74) is 1.36. The van der Waals surface area contributed by atoms with E-state index in [0.717, 1.165) is 0 Å². The van der Waals surface area contributed by atoms with Crippen molar-refractivity contribution in [2.75, 3.05) is 0 Å². The lowest BCUT2D eigenvalue weighted by atomic mass is 9.80. The first-order valence-electron chi connectivity index (χ1n) is 5.79. The molecule has 100 valence electrons. The van der Waals surface area contributed by atoms with Crippen LogP contribution in [0.5, 0.6) is 0 Å². The molecule has 2 rings (SSSR count). The smallest absolute Gasteiger partial charge is 0.405 e. The zero-order valence-electron chi connectivity index (χ0n) is 10.8. The van der Waals surface area contributed by atoms with Crippen molar-refractivity contribution < 1.29 is 9.34 Å². The summed E-state index contributed by atoms with van der Waals surface area (Å²) in [5, 5.41) is 29.2. The predicted molar refractivity (Wildman–Crippen MR) is 68.6 cm³/mol. The highest BCUT2D eigenvalue weighted by molar-refractivity contribution is 5.90. The SMILES string of the molecule is CC1=NC(C)=C(C#N)C(c2ccc([N+](=O)[O-])o2)C1C#N. The van der Waals surface area contributed by atoms with Crippen molar-refractivity contribution in [3.63, 3.8) is 0 Å². The first-order valence-corrected chi connectivity index (χ1v) is 5.79. The average molecular weight is 270 g/mol. The number of aliphatic imine (C=N–C) groups is 1. The van der Waals surface area contributed by atoms with Crippen LogP contribution in [0.2, 0.25) is 0 Å². The van der Waals surface area contributed by atoms with Crippen LogP contribution >= 0.6 is 0 Å². The molecule has 1 aromatic rings. The van der Waals surface area contributed by atoms with Crippen LogP contribution in [0, 0.1) is 38.7 Å². The largest absolute Gasteiger partial charge is 0.433 e. The van der Waals surface area contributed by atoms with Crippen molar-refractivity contribution in [1.82, 2.24) is 0 Å². The Hall–Kier alpha value is -2.93. The van der Waals surface area contributed by atoms with Crippen LogP contribution in [-0.2, 0) is 0 Å². The Morgan fingerprint density at radius 2 is 2.10 bits per heavy atom. The Labute approximate surface area is 114 Å². The maximum atomic E-state index is 10.7. The molecule has 0 aliphatic carbocycles. The molecule has 2 unspecified atom stereocenters. The second-order valence-electron chi connectivity index (χ2n) is 4.38. The topological polar surface area (TPSA) is 116 Å². The monoisotopic (exact) mass is 270 g/mol. The molecule has 20 heavy (non-hydrogen) atoms. The van der Waals surface area contributed by atoms with E-state index in [1.807, 2.05) is 6.07 Å². The molecule has 2 heterocycles. The molecule has 0 fully saturated rings. The number of nitriles is 2. The van der Waals surface area contributed by atoms with Crippen LogP contribution < -0.4 is 0 Å². The summed E-state index contributed by atoms with van der Waals surface area (Å²) in [6.07, 6.45) is 0. The Balaban J connectivity index is 2.56. The normalized spacial score (nSPS) is 21.9. The van der Waals surface area contributed by atoms with Gasteiger partial charge in [0.15, 0.2) is 0 Å². The van der Waals surface area contributed by atoms with E-state index in [1.54, 1.807) is 13.8 Å². The number of furan rings is 1. The number of nitro groups is 1. The van der Waals surface area contributed by atoms with Crippen molar-refractivity contribution in [1.29, 1.82) is 10.5 Å². The molecule has 7 nitrogen and oxygen atoms in total. The molecular weight excluding hydrogens is 260 g/mol. The number of allylic oxidation sites excluding steroid dienone is 2. The highest BCUT2D eigenvalue weighted by Crippen LogP contribution is 2.39. The van der Waals surface area contributed by atoms with Gasteiger partial charge in [-0.15, -0.1) is 0 Å². The molecule has 0 saturated heterocycles. The van der Waals surface area contributed by atoms with E-state index in [0.29, 0.717) is 17.0 Å². The molecule has 0 spiro atoms. The third kappa shape index (κ3) is 2.06. The maximum Gasteiger partial charge on any atom is 0.433 e. The Morgan fingerprint density at radius 1 is 1.40 bits per heavy atom. The van der Waals surface area contributed by atoms with E-state index >= 15 is 0 Å². The summed E-state index contributed by atoms with van der Waals surface area (Å²) < 4.78 is 5.15. The van der Waals surface area contributed by atoms with Gasteiger partial charge in [0.25, 0.3) is 0 Å². The van der Waals surface area contributed by atoms with Crippen molar-refractivity contribution in [3.05, 3.63) is 39.3 Å². The molecule has 0 N–H and O–H groups in total. The van der Waals surface area contributed by atoms with Crippen molar-refractivity contribution in [3.8, 4) is 12.1 Å². The lowest BCUT2D eigenvalue weighted by molar-refractivity contribution is -0.402. The van der Waals surface area contributed by atoms with E-state index in [2.05, 4.69) is 11.1 Å². The van der Waals surface area contributed by atoms with Crippen LogP contribution in [0.1, 0.15) is 25.5 Å². The molecule has 0 saturated carbocycles. The summed E-state index contributed by atoms with van der Waals surface area (Å²) in [7, 11) is 0. The van der Waals surface area contributed by atoms with Gasteiger partial charge in [-0.2, -0.15) is 10.5 Å². The molecule has 0 radical (unpaired) electrons. The number of hydrogen-bond donors (Lipinski definition) is 0. The van der Waals surface area contributed by atoms with E-state index in [9.17, 15) is 20.6 Å². The zero-order chi connectivity index (χ0) is 14.9. The quantitative estimate of drug-likeness (QED) is 0.604. The van der Waals surface area contributed by atoms with Gasteiger partial charge < -0.3 is 4.42 Å². The second-order valence-corrected chi connectivity index (χ2v) is 4.38. The van der Waals surface area contributed by atoms with Gasteiger partial charge in [-0.3, -0.25) is 15.1 Å². The summed E-state index contributed by atoms with van der Waals surface area (Å²) >= 11 is 0. The van der Waals surface area contributed by atoms with Gasteiger partial charge >= 0.3 is 5.88 Å². The number of hydrogen-bond acceptors (Lipinski definition) is 6. The van der Waals surface area contributed by atoms with Crippen LogP contribution in [0.3, 0.4) is 0 Å². The molecule has 0 amide bonds. The lowest BCUT2D eigenvalue weighted by Crippen LogP contribution is -2.24. The summed E-state index contributed by atoms with van der Waals surface area (Å²) in [4.78, 5) is 14.2. The molecule has 2 atom stereocenters. The third-order valence-electron chi connectivity index (χ3n) is 3.19. The minimum atomic E-state index is -0.667. The van der Waals surface area contributed by atoms with E-state index in [4.69, 9.17) is 4.42 Å². The van der Waals surface area contributed by atoms with Gasteiger partial charge in [-0.05, 0) is 19.9 Å². The van der Waals surface area contributed by atoms with Gasteiger partial charge in [0.2, 0.25) is 0 Å². The number of rotatable bonds is 2. The fourth-order valence-corrected chi connectivity index (χ4v) is 2.26. The fourth-order valence-electron chi connectivity index (χ4n) is 2.26. The summed E-state index contributed by atoms with van der Waals surface area (Å²) in [5.74, 6) is -1.50. The van der Waals surface area contributed by atoms with Gasteiger partial charge in [0.1, 0.15) is 10.7 Å². The molecule has 0 aromatic carbocycles. The maximum absolute atomic E-state index is 10.7. The molecular formula is C13H10N4O3. The minimum Gasteiger partial charge on any atom is -0.405 e. The molecule has 0 bridgehead atoms. The fraction of sp³-hybridized carbons (Fsp3) is 0.308.